The van der Waals surface area contributed by atoms with E-state index in [0.717, 1.165) is 72.2 Å². The molecule has 9 N–H and O–H groups in total. The third-order valence-corrected chi connectivity index (χ3v) is 27.5. The van der Waals surface area contributed by atoms with E-state index in [4.69, 9.17) is 33.5 Å². The van der Waals surface area contributed by atoms with Gasteiger partial charge in [0.15, 0.2) is 0 Å². The van der Waals surface area contributed by atoms with Gasteiger partial charge in [0.1, 0.15) is 53.1 Å². The Hall–Kier alpha value is -14.0. The zero-order valence-corrected chi connectivity index (χ0v) is 80.0. The number of aromatic nitrogens is 8. The number of carboxylic acids is 1. The average molecular weight is 1930 g/mol. The Balaban J connectivity index is 0.000000176. The van der Waals surface area contributed by atoms with Crippen LogP contribution in [-0.4, -0.2) is 230 Å². The van der Waals surface area contributed by atoms with Gasteiger partial charge in [0.25, 0.3) is 11.8 Å². The largest absolute Gasteiger partial charge is 0.480 e. The van der Waals surface area contributed by atoms with Crippen LogP contribution in [0.5, 0.6) is 0 Å². The number of aliphatic carboxylic acids is 1. The average Bonchev–Trinajstić information content (AvgIpc) is 1.57. The Morgan fingerprint density at radius 2 is 0.664 bits per heavy atom. The van der Waals surface area contributed by atoms with Crippen LogP contribution in [0.4, 0.5) is 41.5 Å². The number of carbonyl (C=O) groups is 9. The van der Waals surface area contributed by atoms with Crippen molar-refractivity contribution in [3.8, 4) is 89.5 Å². The second-order valence-electron chi connectivity index (χ2n) is 38.2. The summed E-state index contributed by atoms with van der Waals surface area (Å²) in [5.41, 5.74) is 9.36. The maximum Gasteiger partial charge on any atom is 0.410 e. The van der Waals surface area contributed by atoms with E-state index in [-0.39, 0.29) is 93.9 Å². The number of halogens is 4. The number of carbonyl (C=O) groups excluding carboxylic acids is 8. The van der Waals surface area contributed by atoms with E-state index in [9.17, 15) is 43.2 Å². The van der Waals surface area contributed by atoms with Gasteiger partial charge in [-0.1, -0.05) is 125 Å². The van der Waals surface area contributed by atoms with Crippen LogP contribution in [0, 0.1) is 23.7 Å². The van der Waals surface area contributed by atoms with E-state index >= 15 is 17.6 Å². The number of carboxylic acid groups (broad SMARTS) is 1. The highest BCUT2D eigenvalue weighted by molar-refractivity contribution is 5.91. The molecule has 8 amide bonds. The number of amides is 8. The maximum absolute atomic E-state index is 16.5. The molecule has 10 heterocycles. The number of rotatable bonds is 22. The smallest absolute Gasteiger partial charge is 0.410 e. The molecule has 8 atom stereocenters. The summed E-state index contributed by atoms with van der Waals surface area (Å²) in [5, 5.41) is 19.4. The third-order valence-electron chi connectivity index (χ3n) is 27.5. The van der Waals surface area contributed by atoms with E-state index < -0.39 is 72.0 Å². The lowest BCUT2D eigenvalue weighted by Crippen LogP contribution is -2.53. The molecule has 37 heteroatoms. The Labute approximate surface area is 807 Å². The van der Waals surface area contributed by atoms with Crippen LogP contribution >= 0.6 is 0 Å². The van der Waals surface area contributed by atoms with Gasteiger partial charge in [0, 0.05) is 86.0 Å². The van der Waals surface area contributed by atoms with Crippen molar-refractivity contribution in [3.63, 3.8) is 0 Å². The van der Waals surface area contributed by atoms with Crippen LogP contribution in [0.3, 0.4) is 0 Å². The zero-order chi connectivity index (χ0) is 99.3. The number of alkyl halides is 4. The van der Waals surface area contributed by atoms with Crippen molar-refractivity contribution in [2.75, 3.05) is 81.0 Å². The number of likely N-dealkylation sites (tertiary alicyclic amines) is 4. The molecule has 0 unspecified atom stereocenters. The summed E-state index contributed by atoms with van der Waals surface area (Å²) in [7, 11) is 5.00. The molecule has 4 aromatic heterocycles. The number of methoxy groups -OCH3 is 4. The number of aromatic amines is 4. The highest BCUT2D eigenvalue weighted by atomic mass is 19.3. The van der Waals surface area contributed by atoms with Crippen LogP contribution in [0.15, 0.2) is 146 Å². The predicted octanol–water partition coefficient (Wildman–Crippen LogP) is 17.7. The van der Waals surface area contributed by atoms with E-state index in [1.54, 1.807) is 86.9 Å². The van der Waals surface area contributed by atoms with Gasteiger partial charge in [-0.25, -0.2) is 48.7 Å². The molecule has 18 rings (SSSR count). The van der Waals surface area contributed by atoms with Crippen LogP contribution in [-0.2, 0) is 64.2 Å². The molecule has 740 valence electrons. The third kappa shape index (κ3) is 21.0. The highest BCUT2D eigenvalue weighted by Crippen LogP contribution is 2.55. The van der Waals surface area contributed by atoms with Crippen molar-refractivity contribution in [1.29, 1.82) is 0 Å². The number of alkyl carbamates (subject to hydrolysis) is 4. The number of benzene rings is 6. The second kappa shape index (κ2) is 42.0. The van der Waals surface area contributed by atoms with E-state index in [0.29, 0.717) is 170 Å². The quantitative estimate of drug-likeness (QED) is 0.0225. The summed E-state index contributed by atoms with van der Waals surface area (Å²) in [4.78, 5) is 151. The van der Waals surface area contributed by atoms with Crippen LogP contribution in [0.2, 0.25) is 0 Å². The van der Waals surface area contributed by atoms with Gasteiger partial charge in [0.2, 0.25) is 17.7 Å². The summed E-state index contributed by atoms with van der Waals surface area (Å²) in [6.07, 6.45) is 12.2. The Morgan fingerprint density at radius 1 is 0.386 bits per heavy atom. The lowest BCUT2D eigenvalue weighted by Gasteiger charge is -2.34. The SMILES string of the molecule is COC(=O)N[C@H](C(=O)N1CCC[C@H]1c1ncc(-c2ccc3c(c2)C(F)(F)c2cc(-c4ccc(-c5cnc([C@@H]6CCCN6C(=O)OC(C)(C)C)[nH]5)cc4)ccc2-3)[nH]1)C(C)C.COC(=O)N[C@H](C(=O)N1CCC[C@H]1c1ncc(-c2ccc3c(c2)C(F)(F)c2cc(-c4ccc(-c5cnc([C@@H]6CCCN6C(=O)[C@@H](NC(=O)OC)C6CCOCC6)[nH]5)cc4)ccc2-3)[nH]1)C(C)C.COC(=O)N[C@H](C(=O)O)C1CCOCC1. The number of fused-ring (bicyclic) bond motifs is 6. The highest BCUT2D eigenvalue weighted by Gasteiger charge is 2.49. The van der Waals surface area contributed by atoms with Gasteiger partial charge in [-0.2, -0.15) is 17.6 Å². The second-order valence-corrected chi connectivity index (χ2v) is 38.2. The first-order valence-corrected chi connectivity index (χ1v) is 47.6. The van der Waals surface area contributed by atoms with E-state index in [2.05, 4.69) is 65.9 Å². The molecule has 6 aromatic carbocycles. The van der Waals surface area contributed by atoms with Crippen LogP contribution in [0.1, 0.15) is 195 Å². The number of ether oxygens (including phenoxy) is 7. The fourth-order valence-corrected chi connectivity index (χ4v) is 20.1. The molecule has 6 saturated heterocycles. The molecule has 33 nitrogen and oxygen atoms in total. The van der Waals surface area contributed by atoms with Crippen molar-refractivity contribution in [1.82, 2.24) is 80.7 Å². The summed E-state index contributed by atoms with van der Waals surface area (Å²) >= 11 is 0. The molecule has 0 radical (unpaired) electrons. The Morgan fingerprint density at radius 3 is 0.993 bits per heavy atom. The first-order valence-electron chi connectivity index (χ1n) is 47.6. The normalized spacial score (nSPS) is 19.4. The number of H-pyrrole nitrogens is 4. The number of hydrogen-bond donors (Lipinski definition) is 9. The molecular weight excluding hydrogens is 1810 g/mol. The van der Waals surface area contributed by atoms with Crippen molar-refractivity contribution < 1.29 is 99.0 Å². The van der Waals surface area contributed by atoms with Gasteiger partial charge in [-0.05, 0) is 201 Å². The molecule has 0 saturated carbocycles. The predicted molar refractivity (Wildman–Crippen MR) is 509 cm³/mol. The Kier molecular flexibility index (Phi) is 29.7. The fraction of sp³-hybridized carbons (Fsp3) is 0.447. The maximum atomic E-state index is 16.5. The minimum atomic E-state index is -3.27. The molecule has 2 aliphatic carbocycles. The Bertz CT molecular complexity index is 6220. The summed E-state index contributed by atoms with van der Waals surface area (Å²) in [6, 6.07) is 31.4. The monoisotopic (exact) mass is 1930 g/mol. The molecule has 140 heavy (non-hydrogen) atoms. The molecular formula is C103H118F4N16O17. The van der Waals surface area contributed by atoms with Crippen molar-refractivity contribution in [2.45, 2.75) is 191 Å². The first-order chi connectivity index (χ1) is 67.1. The minimum Gasteiger partial charge on any atom is -0.480 e. The number of hydrogen-bond acceptors (Lipinski definition) is 20. The molecule has 10 aromatic rings. The molecule has 6 aliphatic heterocycles. The van der Waals surface area contributed by atoms with Crippen molar-refractivity contribution >= 4 is 54.2 Å². The molecule has 0 bridgehead atoms. The molecule has 8 aliphatic rings. The van der Waals surface area contributed by atoms with Crippen LogP contribution in [0.25, 0.3) is 89.5 Å². The summed E-state index contributed by atoms with van der Waals surface area (Å²) < 4.78 is 101. The van der Waals surface area contributed by atoms with Gasteiger partial charge < -0.3 is 94.2 Å². The van der Waals surface area contributed by atoms with Gasteiger partial charge in [-0.3, -0.25) is 19.3 Å². The van der Waals surface area contributed by atoms with Crippen molar-refractivity contribution in [3.05, 3.63) is 192 Å². The van der Waals surface area contributed by atoms with E-state index in [1.165, 1.54) is 40.6 Å². The van der Waals surface area contributed by atoms with Crippen LogP contribution < -0.4 is 21.3 Å². The van der Waals surface area contributed by atoms with E-state index in [1.807, 2.05) is 115 Å². The summed E-state index contributed by atoms with van der Waals surface area (Å²) in [5.74, 6) is -6.22. The van der Waals surface area contributed by atoms with Gasteiger partial charge in [0.05, 0.1) is 100 Å². The lowest BCUT2D eigenvalue weighted by molar-refractivity contribution is -0.142. The minimum absolute atomic E-state index is 0.0544. The summed E-state index contributed by atoms with van der Waals surface area (Å²) in [6.45, 7) is 17.2. The lowest BCUT2D eigenvalue weighted by atomic mass is 9.90. The number of nitrogens with zero attached hydrogens (tertiary/aromatic N) is 8. The number of imidazole rings is 4. The van der Waals surface area contributed by atoms with Gasteiger partial charge >= 0.3 is 36.4 Å². The first kappa shape index (κ1) is 99.1. The fourth-order valence-electron chi connectivity index (χ4n) is 20.1. The zero-order valence-electron chi connectivity index (χ0n) is 80.0. The molecule has 0 spiro atoms. The standard InChI is InChI=1S/C49H54F2N8O7.C45H49F2N7O5.C9H15NO5/c1-27(2)41(56-47(62)64-3)45(60)58-19-5-7-39(58)44-53-26-38(55-44)32-14-16-34-33-15-13-31(23-35(33)49(50,51)36(34)24-32)28-9-11-29(12-10-28)37-25-52-43(54-37)40-8-6-20-59(40)46(61)42(57-48(63)65-4)30-17-21-66-22-18-30;1-25(2)38(52-42(56)58-6)41(55)53-19-7-9-36(53)39-49-24-35(51-39)29-16-18-31-30-17-15-28(21-32(30)45(46,47)33(31)22-29)26-11-13-27(14-12-26)34-23-48-40(50-34)37-10-8-20-54(37)43(57)59-44(3,4)5;1-14-9(13)10-7(8(11)12)6-2-4-15-5-3-6/h9-16,23-27,30,39-42H,5-8,17-22H2,1-4H3,(H,52,54)(H,53,55)(H,56,62)(H,57,63);11-18,21-25,36-38H,7-10,19-20H2,1-6H3,(H,48,50)(H,49,51)(H,52,56);6-7H,2-5H2,1H3,(H,10,13)(H,11,12)/t39-,40-,41-,42-;36-,37-,38-;7-/m000/s1. The van der Waals surface area contributed by atoms with Crippen molar-refractivity contribution in [2.24, 2.45) is 23.7 Å². The topological polar surface area (TPSA) is 414 Å². The molecule has 6 fully saturated rings. The number of nitrogens with one attached hydrogen (secondary N) is 8. The van der Waals surface area contributed by atoms with Gasteiger partial charge in [-0.15, -0.1) is 0 Å².